The van der Waals surface area contributed by atoms with E-state index in [1.165, 1.54) is 27.2 Å². The molecule has 1 rings (SSSR count). The van der Waals surface area contributed by atoms with E-state index in [9.17, 15) is 9.59 Å². The van der Waals surface area contributed by atoms with E-state index in [1.807, 2.05) is 0 Å². The van der Waals surface area contributed by atoms with Crippen molar-refractivity contribution in [3.8, 4) is 5.75 Å². The molecular weight excluding hydrogens is 244 g/mol. The van der Waals surface area contributed by atoms with E-state index in [2.05, 4.69) is 4.74 Å². The maximum absolute atomic E-state index is 11.5. The third-order valence-corrected chi connectivity index (χ3v) is 2.65. The van der Waals surface area contributed by atoms with Gasteiger partial charge in [-0.2, -0.15) is 0 Å². The van der Waals surface area contributed by atoms with Gasteiger partial charge >= 0.3 is 5.97 Å². The maximum Gasteiger partial charge on any atom is 0.320 e. The fourth-order valence-electron chi connectivity index (χ4n) is 1.52. The molecule has 0 aliphatic heterocycles. The third kappa shape index (κ3) is 2.97. The average molecular weight is 257 g/mol. The number of carbonyl (C=O) groups is 2. The van der Waals surface area contributed by atoms with Crippen LogP contribution in [0.1, 0.15) is 18.4 Å². The zero-order valence-corrected chi connectivity index (χ0v) is 10.6. The van der Waals surface area contributed by atoms with E-state index in [0.29, 0.717) is 16.3 Å². The molecule has 0 radical (unpaired) electrons. The smallest absolute Gasteiger partial charge is 0.320 e. The van der Waals surface area contributed by atoms with Gasteiger partial charge in [-0.3, -0.25) is 9.59 Å². The lowest BCUT2D eigenvalue weighted by atomic mass is 9.95. The average Bonchev–Trinajstić information content (AvgIpc) is 2.28. The van der Waals surface area contributed by atoms with Crippen molar-refractivity contribution >= 4 is 23.4 Å². The Bertz CT molecular complexity index is 442. The normalized spacial score (nSPS) is 11.8. The summed E-state index contributed by atoms with van der Waals surface area (Å²) in [5.74, 6) is -1.34. The molecule has 0 aliphatic carbocycles. The van der Waals surface area contributed by atoms with Gasteiger partial charge < -0.3 is 9.47 Å². The van der Waals surface area contributed by atoms with Crippen LogP contribution in [0.2, 0.25) is 5.02 Å². The van der Waals surface area contributed by atoms with Crippen molar-refractivity contribution in [2.75, 3.05) is 14.2 Å². The van der Waals surface area contributed by atoms with Gasteiger partial charge in [0.2, 0.25) is 0 Å². The van der Waals surface area contributed by atoms with E-state index in [-0.39, 0.29) is 5.78 Å². The molecule has 0 aliphatic rings. The molecule has 0 saturated carbocycles. The van der Waals surface area contributed by atoms with Gasteiger partial charge in [-0.1, -0.05) is 17.7 Å². The molecule has 1 unspecified atom stereocenters. The highest BCUT2D eigenvalue weighted by Crippen LogP contribution is 2.29. The molecule has 0 N–H and O–H groups in total. The van der Waals surface area contributed by atoms with Crippen LogP contribution in [0.5, 0.6) is 5.75 Å². The standard InChI is InChI=1S/C12H13ClO4/c1-7(14)11(12(15)17-3)8-4-5-10(16-2)9(13)6-8/h4-6,11H,1-3H3. The van der Waals surface area contributed by atoms with Gasteiger partial charge in [0.25, 0.3) is 0 Å². The van der Waals surface area contributed by atoms with E-state index in [4.69, 9.17) is 16.3 Å². The molecule has 0 spiro atoms. The molecule has 0 bridgehead atoms. The summed E-state index contributed by atoms with van der Waals surface area (Å²) in [5.41, 5.74) is 0.496. The van der Waals surface area contributed by atoms with Gasteiger partial charge in [0.15, 0.2) is 0 Å². The number of halogens is 1. The number of ketones is 1. The second-order valence-electron chi connectivity index (χ2n) is 3.46. The monoisotopic (exact) mass is 256 g/mol. The summed E-state index contributed by atoms with van der Waals surface area (Å²) in [5, 5.41) is 0.347. The summed E-state index contributed by atoms with van der Waals surface area (Å²) in [6.45, 7) is 1.33. The van der Waals surface area contributed by atoms with Gasteiger partial charge in [-0.15, -0.1) is 0 Å². The van der Waals surface area contributed by atoms with Gasteiger partial charge in [0.1, 0.15) is 17.5 Å². The number of benzene rings is 1. The van der Waals surface area contributed by atoms with Gasteiger partial charge in [-0.05, 0) is 24.6 Å². The summed E-state index contributed by atoms with van der Waals surface area (Å²) in [4.78, 5) is 22.9. The van der Waals surface area contributed by atoms with Crippen molar-refractivity contribution in [2.45, 2.75) is 12.8 Å². The molecule has 4 nitrogen and oxygen atoms in total. The van der Waals surface area contributed by atoms with Gasteiger partial charge in [0, 0.05) is 0 Å². The fraction of sp³-hybridized carbons (Fsp3) is 0.333. The number of esters is 1. The number of hydrogen-bond acceptors (Lipinski definition) is 4. The maximum atomic E-state index is 11.5. The molecule has 0 saturated heterocycles. The molecule has 1 aromatic carbocycles. The third-order valence-electron chi connectivity index (χ3n) is 2.35. The highest BCUT2D eigenvalue weighted by atomic mass is 35.5. The van der Waals surface area contributed by atoms with Crippen LogP contribution in [0.15, 0.2) is 18.2 Å². The highest BCUT2D eigenvalue weighted by molar-refractivity contribution is 6.32. The van der Waals surface area contributed by atoms with Gasteiger partial charge in [-0.25, -0.2) is 0 Å². The summed E-state index contributed by atoms with van der Waals surface area (Å²) >= 11 is 5.94. The fourth-order valence-corrected chi connectivity index (χ4v) is 1.78. The Morgan fingerprint density at radius 1 is 1.29 bits per heavy atom. The first-order valence-corrected chi connectivity index (χ1v) is 5.30. The topological polar surface area (TPSA) is 52.6 Å². The van der Waals surface area contributed by atoms with Crippen molar-refractivity contribution in [1.29, 1.82) is 0 Å². The summed E-state index contributed by atoms with van der Waals surface area (Å²) in [6.07, 6.45) is 0. The number of rotatable bonds is 4. The van der Waals surface area contributed by atoms with Crippen LogP contribution in [0, 0.1) is 0 Å². The lowest BCUT2D eigenvalue weighted by Gasteiger charge is -2.13. The first-order valence-electron chi connectivity index (χ1n) is 4.93. The van der Waals surface area contributed by atoms with Crippen molar-refractivity contribution < 1.29 is 19.1 Å². The Kier molecular flexibility index (Phi) is 4.52. The molecule has 0 fully saturated rings. The molecule has 0 heterocycles. The Morgan fingerprint density at radius 3 is 2.35 bits per heavy atom. The first kappa shape index (κ1) is 13.5. The van der Waals surface area contributed by atoms with E-state index < -0.39 is 11.9 Å². The molecule has 5 heteroatoms. The van der Waals surface area contributed by atoms with Crippen molar-refractivity contribution in [2.24, 2.45) is 0 Å². The predicted molar refractivity (Wildman–Crippen MR) is 63.4 cm³/mol. The first-order chi connectivity index (χ1) is 8.01. The zero-order valence-electron chi connectivity index (χ0n) is 9.82. The Balaban J connectivity index is 3.16. The lowest BCUT2D eigenvalue weighted by molar-refractivity contribution is -0.145. The second kappa shape index (κ2) is 5.68. The van der Waals surface area contributed by atoms with Crippen LogP contribution in [-0.4, -0.2) is 26.0 Å². The van der Waals surface area contributed by atoms with Crippen LogP contribution < -0.4 is 4.74 Å². The molecule has 0 aromatic heterocycles. The van der Waals surface area contributed by atoms with Crippen LogP contribution in [0.4, 0.5) is 0 Å². The molecule has 92 valence electrons. The van der Waals surface area contributed by atoms with E-state index >= 15 is 0 Å². The van der Waals surface area contributed by atoms with Crippen LogP contribution in [0.3, 0.4) is 0 Å². The Hall–Kier alpha value is -1.55. The van der Waals surface area contributed by atoms with Crippen LogP contribution in [-0.2, 0) is 14.3 Å². The summed E-state index contributed by atoms with van der Waals surface area (Å²) < 4.78 is 9.58. The predicted octanol–water partition coefficient (Wildman–Crippen LogP) is 2.19. The van der Waals surface area contributed by atoms with Gasteiger partial charge in [0.05, 0.1) is 19.2 Å². The minimum Gasteiger partial charge on any atom is -0.495 e. The molecular formula is C12H13ClO4. The summed E-state index contributed by atoms with van der Waals surface area (Å²) in [7, 11) is 2.73. The van der Waals surface area contributed by atoms with Crippen molar-refractivity contribution in [1.82, 2.24) is 0 Å². The lowest BCUT2D eigenvalue weighted by Crippen LogP contribution is -2.21. The van der Waals surface area contributed by atoms with E-state index in [1.54, 1.807) is 12.1 Å². The Morgan fingerprint density at radius 2 is 1.94 bits per heavy atom. The largest absolute Gasteiger partial charge is 0.495 e. The number of methoxy groups -OCH3 is 2. The molecule has 17 heavy (non-hydrogen) atoms. The molecule has 1 aromatic rings. The Labute approximate surface area is 104 Å². The molecule has 1 atom stereocenters. The van der Waals surface area contributed by atoms with Crippen molar-refractivity contribution in [3.05, 3.63) is 28.8 Å². The molecule has 0 amide bonds. The number of Topliss-reactive ketones (excluding diaryl/α,β-unsaturated/α-hetero) is 1. The SMILES string of the molecule is COC(=O)C(C(C)=O)c1ccc(OC)c(Cl)c1. The number of ether oxygens (including phenoxy) is 2. The quantitative estimate of drug-likeness (QED) is 0.612. The number of carbonyl (C=O) groups excluding carboxylic acids is 2. The van der Waals surface area contributed by atoms with E-state index in [0.717, 1.165) is 0 Å². The zero-order chi connectivity index (χ0) is 13.0. The second-order valence-corrected chi connectivity index (χ2v) is 3.87. The van der Waals surface area contributed by atoms with Crippen LogP contribution >= 0.6 is 11.6 Å². The number of hydrogen-bond donors (Lipinski definition) is 0. The minimum atomic E-state index is -0.941. The highest BCUT2D eigenvalue weighted by Gasteiger charge is 2.26. The minimum absolute atomic E-state index is 0.293. The van der Waals surface area contributed by atoms with Crippen LogP contribution in [0.25, 0.3) is 0 Å². The van der Waals surface area contributed by atoms with Crippen molar-refractivity contribution in [3.63, 3.8) is 0 Å². The summed E-state index contributed by atoms with van der Waals surface area (Å²) in [6, 6.07) is 4.76.